The van der Waals surface area contributed by atoms with Crippen molar-refractivity contribution in [2.24, 2.45) is 5.92 Å². The highest BCUT2D eigenvalue weighted by molar-refractivity contribution is 6.20. The number of carbonyl (C=O) groups excluding carboxylic acids is 2. The molecular formula is C20H25N5O2. The molecule has 0 bridgehead atoms. The topological polar surface area (TPSA) is 80.1 Å². The van der Waals surface area contributed by atoms with E-state index in [0.717, 1.165) is 19.4 Å². The van der Waals surface area contributed by atoms with Gasteiger partial charge in [-0.1, -0.05) is 50.6 Å². The van der Waals surface area contributed by atoms with Gasteiger partial charge in [-0.2, -0.15) is 0 Å². The Morgan fingerprint density at radius 2 is 2.00 bits per heavy atom. The second-order valence-corrected chi connectivity index (χ2v) is 7.00. The number of nitrogens with one attached hydrogen (secondary N) is 1. The van der Waals surface area contributed by atoms with E-state index in [9.17, 15) is 9.59 Å². The van der Waals surface area contributed by atoms with Gasteiger partial charge in [-0.25, -0.2) is 0 Å². The number of hydrogen-bond donors (Lipinski definition) is 1. The molecule has 1 aliphatic rings. The summed E-state index contributed by atoms with van der Waals surface area (Å²) in [5, 5.41) is 11.2. The average molecular weight is 367 g/mol. The molecule has 142 valence electrons. The molecule has 0 saturated heterocycles. The molecule has 7 nitrogen and oxygen atoms in total. The highest BCUT2D eigenvalue weighted by Gasteiger charge is 2.34. The molecular weight excluding hydrogens is 342 g/mol. The van der Waals surface area contributed by atoms with Gasteiger partial charge in [-0.3, -0.25) is 19.2 Å². The molecule has 3 rings (SSSR count). The third kappa shape index (κ3) is 4.07. The molecule has 1 atom stereocenters. The van der Waals surface area contributed by atoms with Crippen LogP contribution >= 0.6 is 0 Å². The first kappa shape index (κ1) is 18.8. The van der Waals surface area contributed by atoms with Crippen molar-refractivity contribution in [3.05, 3.63) is 54.0 Å². The Bertz CT molecular complexity index is 841. The van der Waals surface area contributed by atoms with Crippen LogP contribution in [-0.4, -0.2) is 37.9 Å². The molecule has 1 aromatic carbocycles. The van der Waals surface area contributed by atoms with Gasteiger partial charge in [-0.05, 0) is 24.5 Å². The highest BCUT2D eigenvalue weighted by Crippen LogP contribution is 2.23. The first-order chi connectivity index (χ1) is 13.0. The smallest absolute Gasteiger partial charge is 0.259 e. The van der Waals surface area contributed by atoms with Crippen LogP contribution in [0.1, 0.15) is 49.7 Å². The lowest BCUT2D eigenvalue weighted by Crippen LogP contribution is -2.54. The number of hydrogen-bond acceptors (Lipinski definition) is 4. The predicted molar refractivity (Wildman–Crippen MR) is 102 cm³/mol. The van der Waals surface area contributed by atoms with Gasteiger partial charge in [-0.15, -0.1) is 5.10 Å². The van der Waals surface area contributed by atoms with E-state index in [1.807, 2.05) is 32.0 Å². The van der Waals surface area contributed by atoms with E-state index >= 15 is 0 Å². The zero-order valence-corrected chi connectivity index (χ0v) is 15.9. The summed E-state index contributed by atoms with van der Waals surface area (Å²) in [5.41, 5.74) is 1.39. The molecule has 2 aromatic rings. The van der Waals surface area contributed by atoms with Crippen molar-refractivity contribution in [3.63, 3.8) is 0 Å². The molecule has 1 aromatic heterocycles. The van der Waals surface area contributed by atoms with Crippen LogP contribution in [0.3, 0.4) is 0 Å². The van der Waals surface area contributed by atoms with E-state index in [1.165, 1.54) is 0 Å². The minimum atomic E-state index is -0.413. The van der Waals surface area contributed by atoms with Crippen LogP contribution in [-0.2, 0) is 11.3 Å². The summed E-state index contributed by atoms with van der Waals surface area (Å²) in [7, 11) is 0. The van der Waals surface area contributed by atoms with Gasteiger partial charge in [0.15, 0.2) is 0 Å². The fourth-order valence-electron chi connectivity index (χ4n) is 3.00. The van der Waals surface area contributed by atoms with Gasteiger partial charge in [0.05, 0.1) is 11.8 Å². The van der Waals surface area contributed by atoms with Crippen molar-refractivity contribution in [3.8, 4) is 0 Å². The normalized spacial score (nSPS) is 17.0. The van der Waals surface area contributed by atoms with Gasteiger partial charge in [0, 0.05) is 18.3 Å². The summed E-state index contributed by atoms with van der Waals surface area (Å²) < 4.78 is 1.73. The van der Waals surface area contributed by atoms with Gasteiger partial charge in [0.25, 0.3) is 11.8 Å². The molecule has 7 heteroatoms. The highest BCUT2D eigenvalue weighted by atomic mass is 16.2. The van der Waals surface area contributed by atoms with Gasteiger partial charge >= 0.3 is 0 Å². The van der Waals surface area contributed by atoms with Crippen LogP contribution in [0.15, 0.2) is 42.7 Å². The average Bonchev–Trinajstić information content (AvgIpc) is 3.14. The van der Waals surface area contributed by atoms with Crippen LogP contribution in [0.4, 0.5) is 0 Å². The van der Waals surface area contributed by atoms with E-state index in [1.54, 1.807) is 34.1 Å². The van der Waals surface area contributed by atoms with Crippen molar-refractivity contribution in [1.29, 1.82) is 0 Å². The number of aryl methyl sites for hydroxylation is 1. The number of carbonyl (C=O) groups is 2. The Hall–Kier alpha value is -2.96. The Labute approximate surface area is 159 Å². The third-order valence-electron chi connectivity index (χ3n) is 4.53. The minimum Gasteiger partial charge on any atom is -0.331 e. The molecule has 27 heavy (non-hydrogen) atoms. The maximum atomic E-state index is 13.0. The number of benzene rings is 1. The zero-order valence-electron chi connectivity index (χ0n) is 15.9. The largest absolute Gasteiger partial charge is 0.331 e. The van der Waals surface area contributed by atoms with Crippen molar-refractivity contribution in [2.75, 3.05) is 0 Å². The van der Waals surface area contributed by atoms with E-state index < -0.39 is 6.17 Å². The first-order valence-electron chi connectivity index (χ1n) is 9.32. The van der Waals surface area contributed by atoms with E-state index in [-0.39, 0.29) is 17.7 Å². The summed E-state index contributed by atoms with van der Waals surface area (Å²) in [4.78, 5) is 27.3. The van der Waals surface area contributed by atoms with E-state index in [0.29, 0.717) is 16.8 Å². The summed E-state index contributed by atoms with van der Waals surface area (Å²) in [5.74, 6) is -0.349. The molecule has 0 saturated carbocycles. The molecule has 0 radical (unpaired) electrons. The minimum absolute atomic E-state index is 0.0552. The standard InChI is InChI=1S/C20H25N5O2/c1-4-5-11-24-13-17(22-23-24)16-12-25(18(14(2)3)21-19(16)26)20(27)15-9-7-6-8-10-15/h6-10,12-14,18H,4-5,11H2,1-3H3,(H,21,26)/t18-/m0/s1. The van der Waals surface area contributed by atoms with Gasteiger partial charge in [0.2, 0.25) is 0 Å². The van der Waals surface area contributed by atoms with Gasteiger partial charge < -0.3 is 5.32 Å². The number of unbranched alkanes of at least 4 members (excludes halogenated alkanes) is 1. The van der Waals surface area contributed by atoms with Crippen molar-refractivity contribution in [1.82, 2.24) is 25.2 Å². The van der Waals surface area contributed by atoms with Crippen LogP contribution in [0.25, 0.3) is 5.57 Å². The zero-order chi connectivity index (χ0) is 19.4. The lowest BCUT2D eigenvalue weighted by Gasteiger charge is -2.36. The maximum absolute atomic E-state index is 13.0. The summed E-state index contributed by atoms with van der Waals surface area (Å²) in [6.07, 6.45) is 4.98. The Morgan fingerprint density at radius 3 is 2.67 bits per heavy atom. The number of nitrogens with zero attached hydrogens (tertiary/aromatic N) is 4. The number of aromatic nitrogens is 3. The van der Waals surface area contributed by atoms with Crippen LogP contribution in [0, 0.1) is 5.92 Å². The summed E-state index contributed by atoms with van der Waals surface area (Å²) in [6.45, 7) is 6.79. The Kier molecular flexibility index (Phi) is 5.69. The molecule has 0 fully saturated rings. The molecule has 2 heterocycles. The van der Waals surface area contributed by atoms with E-state index in [4.69, 9.17) is 0 Å². The number of amides is 2. The molecule has 0 unspecified atom stereocenters. The van der Waals surface area contributed by atoms with Crippen LogP contribution in [0.2, 0.25) is 0 Å². The fraction of sp³-hybridized carbons (Fsp3) is 0.400. The molecule has 0 aliphatic carbocycles. The summed E-state index contributed by atoms with van der Waals surface area (Å²) >= 11 is 0. The predicted octanol–water partition coefficient (Wildman–Crippen LogP) is 2.67. The SMILES string of the molecule is CCCCn1cc(C2=CN(C(=O)c3ccccc3)[C@@H](C(C)C)NC2=O)nn1. The molecule has 1 N–H and O–H groups in total. The fourth-order valence-corrected chi connectivity index (χ4v) is 3.00. The molecule has 2 amide bonds. The molecule has 0 spiro atoms. The maximum Gasteiger partial charge on any atom is 0.259 e. The Balaban J connectivity index is 1.94. The summed E-state index contributed by atoms with van der Waals surface area (Å²) in [6, 6.07) is 9.05. The first-order valence-corrected chi connectivity index (χ1v) is 9.32. The molecule has 1 aliphatic heterocycles. The third-order valence-corrected chi connectivity index (χ3v) is 4.53. The van der Waals surface area contributed by atoms with Gasteiger partial charge in [0.1, 0.15) is 11.9 Å². The number of rotatable bonds is 6. The van der Waals surface area contributed by atoms with Crippen molar-refractivity contribution >= 4 is 17.4 Å². The second kappa shape index (κ2) is 8.16. The van der Waals surface area contributed by atoms with Crippen LogP contribution in [0.5, 0.6) is 0 Å². The lowest BCUT2D eigenvalue weighted by atomic mass is 10.0. The monoisotopic (exact) mass is 367 g/mol. The van der Waals surface area contributed by atoms with Crippen LogP contribution < -0.4 is 5.32 Å². The quantitative estimate of drug-likeness (QED) is 0.851. The lowest BCUT2D eigenvalue weighted by molar-refractivity contribution is -0.118. The second-order valence-electron chi connectivity index (χ2n) is 7.00. The van der Waals surface area contributed by atoms with E-state index in [2.05, 4.69) is 22.6 Å². The van der Waals surface area contributed by atoms with Crippen molar-refractivity contribution < 1.29 is 9.59 Å². The van der Waals surface area contributed by atoms with Crippen molar-refractivity contribution in [2.45, 2.75) is 46.3 Å². The Morgan fingerprint density at radius 1 is 1.26 bits per heavy atom.